The van der Waals surface area contributed by atoms with E-state index in [0.717, 1.165) is 11.1 Å². The topological polar surface area (TPSA) is 166 Å². The first-order valence-corrected chi connectivity index (χ1v) is 15.9. The molecule has 1 aliphatic carbocycles. The van der Waals surface area contributed by atoms with Gasteiger partial charge in [0.25, 0.3) is 0 Å². The van der Waals surface area contributed by atoms with Gasteiger partial charge in [-0.2, -0.15) is 5.10 Å². The summed E-state index contributed by atoms with van der Waals surface area (Å²) >= 11 is 0. The highest BCUT2D eigenvalue weighted by Gasteiger charge is 2.30. The fourth-order valence-corrected chi connectivity index (χ4v) is 6.11. The highest BCUT2D eigenvalue weighted by molar-refractivity contribution is 5.97. The third kappa shape index (κ3) is 7.51. The van der Waals surface area contributed by atoms with Crippen LogP contribution >= 0.6 is 0 Å². The van der Waals surface area contributed by atoms with Gasteiger partial charge in [0.05, 0.1) is 33.1 Å². The van der Waals surface area contributed by atoms with E-state index in [1.807, 2.05) is 32.0 Å². The van der Waals surface area contributed by atoms with Crippen LogP contribution in [0.4, 0.5) is 11.4 Å². The summed E-state index contributed by atoms with van der Waals surface area (Å²) in [4.78, 5) is 44.4. The molecule has 49 heavy (non-hydrogen) atoms. The first-order chi connectivity index (χ1) is 23.6. The molecule has 2 amide bonds. The number of benzene rings is 2. The van der Waals surface area contributed by atoms with Crippen LogP contribution in [0.1, 0.15) is 50.2 Å². The van der Waals surface area contributed by atoms with E-state index in [1.54, 1.807) is 45.6 Å². The van der Waals surface area contributed by atoms with Crippen molar-refractivity contribution >= 4 is 23.2 Å². The maximum absolute atomic E-state index is 13.9. The van der Waals surface area contributed by atoms with Crippen LogP contribution in [0.2, 0.25) is 0 Å². The largest absolute Gasteiger partial charge is 0.493 e. The number of carbonyl (C=O) groups is 2. The lowest BCUT2D eigenvalue weighted by Gasteiger charge is -2.22. The van der Waals surface area contributed by atoms with Gasteiger partial charge in [-0.15, -0.1) is 0 Å². The predicted octanol–water partition coefficient (Wildman–Crippen LogP) is 4.87. The molecule has 3 aromatic carbocycles. The molecular formula is C36H42N6O7. The van der Waals surface area contributed by atoms with E-state index in [9.17, 15) is 14.4 Å². The SMILES string of the molecule is COCc1nc(-c2cccc(NC(=O)C(Nc3ccc4c(cc3=O)C(NC(C)=O)CCc3cc(OC)c(OC)c(OC)c3-4)C(C)C)c2)n[nH]1. The molecule has 0 aliphatic heterocycles. The van der Waals surface area contributed by atoms with Gasteiger partial charge in [-0.05, 0) is 65.8 Å². The Morgan fingerprint density at radius 2 is 1.78 bits per heavy atom. The minimum absolute atomic E-state index is 0.194. The van der Waals surface area contributed by atoms with Gasteiger partial charge in [-0.25, -0.2) is 4.98 Å². The summed E-state index contributed by atoms with van der Waals surface area (Å²) in [6.07, 6.45) is 1.11. The molecule has 5 rings (SSSR count). The monoisotopic (exact) mass is 670 g/mol. The normalized spacial score (nSPS) is 14.2. The molecule has 0 radical (unpaired) electrons. The second-order valence-corrected chi connectivity index (χ2v) is 12.1. The van der Waals surface area contributed by atoms with Crippen molar-refractivity contribution in [2.24, 2.45) is 5.92 Å². The van der Waals surface area contributed by atoms with Gasteiger partial charge in [0.15, 0.2) is 23.1 Å². The van der Waals surface area contributed by atoms with Gasteiger partial charge >= 0.3 is 0 Å². The molecular weight excluding hydrogens is 628 g/mol. The lowest BCUT2D eigenvalue weighted by Crippen LogP contribution is -2.39. The number of aromatic amines is 1. The molecule has 1 heterocycles. The van der Waals surface area contributed by atoms with Gasteiger partial charge in [0.2, 0.25) is 23.0 Å². The molecule has 0 spiro atoms. The molecule has 2 unspecified atom stereocenters. The number of aromatic nitrogens is 3. The van der Waals surface area contributed by atoms with E-state index < -0.39 is 12.1 Å². The number of methoxy groups -OCH3 is 4. The van der Waals surface area contributed by atoms with Crippen molar-refractivity contribution in [2.75, 3.05) is 39.1 Å². The number of nitrogens with zero attached hydrogens (tertiary/aromatic N) is 2. The van der Waals surface area contributed by atoms with E-state index in [0.29, 0.717) is 70.7 Å². The van der Waals surface area contributed by atoms with Crippen LogP contribution < -0.4 is 35.6 Å². The molecule has 4 N–H and O–H groups in total. The maximum Gasteiger partial charge on any atom is 0.247 e. The third-order valence-corrected chi connectivity index (χ3v) is 8.38. The minimum atomic E-state index is -0.771. The van der Waals surface area contributed by atoms with Crippen molar-refractivity contribution in [3.63, 3.8) is 0 Å². The zero-order chi connectivity index (χ0) is 35.2. The molecule has 1 aliphatic rings. The van der Waals surface area contributed by atoms with Gasteiger partial charge in [-0.1, -0.05) is 32.0 Å². The Balaban J connectivity index is 1.52. The van der Waals surface area contributed by atoms with Gasteiger partial charge in [0, 0.05) is 30.8 Å². The third-order valence-electron chi connectivity index (χ3n) is 8.38. The van der Waals surface area contributed by atoms with E-state index in [1.165, 1.54) is 20.1 Å². The second-order valence-electron chi connectivity index (χ2n) is 12.1. The summed E-state index contributed by atoms with van der Waals surface area (Å²) < 4.78 is 22.3. The summed E-state index contributed by atoms with van der Waals surface area (Å²) in [5.74, 6) is 1.70. The Hall–Kier alpha value is -5.43. The molecule has 258 valence electrons. The van der Waals surface area contributed by atoms with Crippen LogP contribution in [-0.4, -0.2) is 61.5 Å². The zero-order valence-corrected chi connectivity index (χ0v) is 28.7. The van der Waals surface area contributed by atoms with E-state index >= 15 is 0 Å². The summed E-state index contributed by atoms with van der Waals surface area (Å²) in [6, 6.07) is 12.9. The van der Waals surface area contributed by atoms with Crippen molar-refractivity contribution in [2.45, 2.75) is 52.3 Å². The summed E-state index contributed by atoms with van der Waals surface area (Å²) in [5.41, 5.74) is 4.12. The Morgan fingerprint density at radius 3 is 2.45 bits per heavy atom. The molecule has 2 atom stereocenters. The maximum atomic E-state index is 13.9. The first kappa shape index (κ1) is 34.9. The highest BCUT2D eigenvalue weighted by atomic mass is 16.5. The molecule has 4 aromatic rings. The van der Waals surface area contributed by atoms with Crippen molar-refractivity contribution < 1.29 is 28.5 Å². The number of amides is 2. The lowest BCUT2D eigenvalue weighted by atomic mass is 9.95. The fraction of sp³-hybridized carbons (Fsp3) is 0.361. The van der Waals surface area contributed by atoms with Gasteiger partial charge in [-0.3, -0.25) is 19.5 Å². The Kier molecular flexibility index (Phi) is 10.8. The second kappa shape index (κ2) is 15.2. The molecule has 0 fully saturated rings. The van der Waals surface area contributed by atoms with Crippen LogP contribution in [0.5, 0.6) is 17.2 Å². The molecule has 13 heteroatoms. The van der Waals surface area contributed by atoms with E-state index in [-0.39, 0.29) is 28.8 Å². The van der Waals surface area contributed by atoms with E-state index in [2.05, 4.69) is 31.1 Å². The highest BCUT2D eigenvalue weighted by Crippen LogP contribution is 2.50. The molecule has 0 saturated heterocycles. The minimum Gasteiger partial charge on any atom is -0.493 e. The average Bonchev–Trinajstić information content (AvgIpc) is 3.42. The molecule has 0 saturated carbocycles. The average molecular weight is 671 g/mol. The number of hydrogen-bond donors (Lipinski definition) is 4. The van der Waals surface area contributed by atoms with Crippen LogP contribution in [0, 0.1) is 5.92 Å². The molecule has 13 nitrogen and oxygen atoms in total. The fourth-order valence-electron chi connectivity index (χ4n) is 6.11. The van der Waals surface area contributed by atoms with Crippen molar-refractivity contribution in [1.82, 2.24) is 20.5 Å². The Bertz CT molecular complexity index is 1910. The zero-order valence-electron chi connectivity index (χ0n) is 28.7. The van der Waals surface area contributed by atoms with Gasteiger partial charge in [0.1, 0.15) is 12.6 Å². The van der Waals surface area contributed by atoms with E-state index in [4.69, 9.17) is 18.9 Å². The van der Waals surface area contributed by atoms with Crippen LogP contribution in [0.25, 0.3) is 22.5 Å². The van der Waals surface area contributed by atoms with Crippen molar-refractivity contribution in [3.8, 4) is 39.8 Å². The summed E-state index contributed by atoms with van der Waals surface area (Å²) in [7, 11) is 6.22. The number of nitrogens with one attached hydrogen (secondary N) is 4. The summed E-state index contributed by atoms with van der Waals surface area (Å²) in [6.45, 7) is 5.54. The Morgan fingerprint density at radius 1 is 1.00 bits per heavy atom. The first-order valence-electron chi connectivity index (χ1n) is 15.9. The quantitative estimate of drug-likeness (QED) is 0.163. The number of rotatable bonds is 12. The number of aryl methyl sites for hydroxylation is 1. The molecule has 0 bridgehead atoms. The lowest BCUT2D eigenvalue weighted by molar-refractivity contribution is -0.120. The van der Waals surface area contributed by atoms with Crippen LogP contribution in [0.15, 0.2) is 53.3 Å². The van der Waals surface area contributed by atoms with Crippen molar-refractivity contribution in [3.05, 3.63) is 75.7 Å². The van der Waals surface area contributed by atoms with Crippen LogP contribution in [-0.2, 0) is 27.4 Å². The number of hydrogen-bond acceptors (Lipinski definition) is 10. The standard InChI is InChI=1S/C36H42N6O7/c1-19(2)32(36(45)38-23-10-8-9-22(15-23)35-40-30(18-46-4)41-42-35)39-27-14-12-24-25(17-28(27)44)26(37-20(3)43)13-11-21-16-29(47-5)33(48-6)34(49-7)31(21)24/h8-10,12,14-17,19,26,32H,11,13,18H2,1-7H3,(H,37,43)(H,38,45)(H,39,44)(H,40,41,42). The Labute approximate surface area is 284 Å². The summed E-state index contributed by atoms with van der Waals surface area (Å²) in [5, 5.41) is 16.3. The van der Waals surface area contributed by atoms with Gasteiger partial charge < -0.3 is 34.9 Å². The van der Waals surface area contributed by atoms with Crippen LogP contribution in [0.3, 0.4) is 0 Å². The number of ether oxygens (including phenoxy) is 4. The predicted molar refractivity (Wildman–Crippen MR) is 186 cm³/mol. The van der Waals surface area contributed by atoms with Crippen molar-refractivity contribution in [1.29, 1.82) is 0 Å². The number of H-pyrrole nitrogens is 1. The number of anilines is 2. The smallest absolute Gasteiger partial charge is 0.247 e. The molecule has 1 aromatic heterocycles. The number of fused-ring (bicyclic) bond motifs is 3. The number of carbonyl (C=O) groups excluding carboxylic acids is 2.